The SMILES string of the molecule is Cl.N[C@@H](CO)c1c([N+](=O)[O-])ccc(Cl)c1O. The molecule has 0 unspecified atom stereocenters. The maximum atomic E-state index is 10.6. The molecule has 0 spiro atoms. The van der Waals surface area contributed by atoms with Crippen molar-refractivity contribution in [2.45, 2.75) is 6.04 Å². The molecule has 0 radical (unpaired) electrons. The normalized spacial score (nSPS) is 11.7. The molecule has 4 N–H and O–H groups in total. The molecule has 1 aromatic carbocycles. The summed E-state index contributed by atoms with van der Waals surface area (Å²) in [5.41, 5.74) is 4.91. The van der Waals surface area contributed by atoms with E-state index in [0.717, 1.165) is 6.07 Å². The van der Waals surface area contributed by atoms with Gasteiger partial charge in [-0.05, 0) is 6.07 Å². The first kappa shape index (κ1) is 14.9. The topological polar surface area (TPSA) is 110 Å². The largest absolute Gasteiger partial charge is 0.506 e. The molecule has 0 saturated carbocycles. The monoisotopic (exact) mass is 268 g/mol. The zero-order chi connectivity index (χ0) is 11.6. The van der Waals surface area contributed by atoms with Crippen LogP contribution < -0.4 is 5.73 Å². The molecule has 0 aliphatic heterocycles. The molecule has 0 fully saturated rings. The summed E-state index contributed by atoms with van der Waals surface area (Å²) in [6, 6.07) is 1.29. The molecule has 0 aromatic heterocycles. The van der Waals surface area contributed by atoms with Crippen LogP contribution in [0, 0.1) is 10.1 Å². The van der Waals surface area contributed by atoms with E-state index >= 15 is 0 Å². The highest BCUT2D eigenvalue weighted by atomic mass is 35.5. The van der Waals surface area contributed by atoms with Gasteiger partial charge in [0.1, 0.15) is 5.75 Å². The second-order valence-corrected chi connectivity index (χ2v) is 3.28. The second kappa shape index (κ2) is 5.86. The lowest BCUT2D eigenvalue weighted by molar-refractivity contribution is -0.385. The highest BCUT2D eigenvalue weighted by Crippen LogP contribution is 2.37. The quantitative estimate of drug-likeness (QED) is 0.567. The Hall–Kier alpha value is -1.08. The lowest BCUT2D eigenvalue weighted by Gasteiger charge is -2.11. The second-order valence-electron chi connectivity index (χ2n) is 2.87. The van der Waals surface area contributed by atoms with Crippen LogP contribution >= 0.6 is 24.0 Å². The highest BCUT2D eigenvalue weighted by molar-refractivity contribution is 6.32. The summed E-state index contributed by atoms with van der Waals surface area (Å²) in [7, 11) is 0. The third kappa shape index (κ3) is 2.73. The number of nitro groups is 1. The minimum atomic E-state index is -1.04. The fourth-order valence-electron chi connectivity index (χ4n) is 1.19. The fourth-order valence-corrected chi connectivity index (χ4v) is 1.35. The smallest absolute Gasteiger partial charge is 0.278 e. The predicted molar refractivity (Wildman–Crippen MR) is 61.0 cm³/mol. The summed E-state index contributed by atoms with van der Waals surface area (Å²) in [5.74, 6) is -0.465. The van der Waals surface area contributed by atoms with Crippen molar-refractivity contribution in [1.29, 1.82) is 0 Å². The van der Waals surface area contributed by atoms with Crippen molar-refractivity contribution in [3.8, 4) is 5.75 Å². The Balaban J connectivity index is 0.00000225. The molecule has 0 aliphatic rings. The zero-order valence-corrected chi connectivity index (χ0v) is 9.53. The van der Waals surface area contributed by atoms with Gasteiger partial charge < -0.3 is 15.9 Å². The van der Waals surface area contributed by atoms with E-state index in [2.05, 4.69) is 0 Å². The average molecular weight is 269 g/mol. The molecule has 1 rings (SSSR count). The van der Waals surface area contributed by atoms with Crippen LogP contribution in [0.5, 0.6) is 5.75 Å². The molecule has 1 aromatic rings. The summed E-state index contributed by atoms with van der Waals surface area (Å²) in [5, 5.41) is 28.9. The molecule has 16 heavy (non-hydrogen) atoms. The Morgan fingerprint density at radius 1 is 1.56 bits per heavy atom. The first-order valence-corrected chi connectivity index (χ1v) is 4.39. The fraction of sp³-hybridized carbons (Fsp3) is 0.250. The molecule has 0 heterocycles. The van der Waals surface area contributed by atoms with Crippen LogP contribution in [0.15, 0.2) is 12.1 Å². The Bertz CT molecular complexity index is 400. The number of hydrogen-bond acceptors (Lipinski definition) is 5. The molecule has 90 valence electrons. The first-order valence-electron chi connectivity index (χ1n) is 4.01. The van der Waals surface area contributed by atoms with Crippen LogP contribution in [-0.4, -0.2) is 21.7 Å². The number of nitrogens with zero attached hydrogens (tertiary/aromatic N) is 1. The minimum Gasteiger partial charge on any atom is -0.506 e. The summed E-state index contributed by atoms with van der Waals surface area (Å²) < 4.78 is 0. The maximum Gasteiger partial charge on any atom is 0.278 e. The van der Waals surface area contributed by atoms with Crippen LogP contribution in [0.4, 0.5) is 5.69 Å². The van der Waals surface area contributed by atoms with Crippen LogP contribution in [0.25, 0.3) is 0 Å². The van der Waals surface area contributed by atoms with Crippen molar-refractivity contribution >= 4 is 29.7 Å². The van der Waals surface area contributed by atoms with E-state index < -0.39 is 23.3 Å². The summed E-state index contributed by atoms with van der Waals surface area (Å²) in [6.45, 7) is -0.519. The third-order valence-electron chi connectivity index (χ3n) is 1.91. The van der Waals surface area contributed by atoms with Gasteiger partial charge in [0, 0.05) is 6.07 Å². The average Bonchev–Trinajstić information content (AvgIpc) is 2.20. The Morgan fingerprint density at radius 2 is 2.12 bits per heavy atom. The van der Waals surface area contributed by atoms with Crippen molar-refractivity contribution in [3.05, 3.63) is 32.8 Å². The molecule has 0 amide bonds. The highest BCUT2D eigenvalue weighted by Gasteiger charge is 2.24. The van der Waals surface area contributed by atoms with Crippen LogP contribution in [0.3, 0.4) is 0 Å². The molecule has 8 heteroatoms. The van der Waals surface area contributed by atoms with Crippen LogP contribution in [0.2, 0.25) is 5.02 Å². The van der Waals surface area contributed by atoms with E-state index in [9.17, 15) is 15.2 Å². The number of benzene rings is 1. The molecule has 1 atom stereocenters. The van der Waals surface area contributed by atoms with Gasteiger partial charge in [0.05, 0.1) is 28.2 Å². The Morgan fingerprint density at radius 3 is 2.56 bits per heavy atom. The number of rotatable bonds is 3. The first-order chi connectivity index (χ1) is 6.99. The molecule has 0 bridgehead atoms. The van der Waals surface area contributed by atoms with Crippen molar-refractivity contribution in [2.24, 2.45) is 5.73 Å². The van der Waals surface area contributed by atoms with Gasteiger partial charge in [-0.3, -0.25) is 10.1 Å². The number of phenolic OH excluding ortho intramolecular Hbond substituents is 1. The van der Waals surface area contributed by atoms with Gasteiger partial charge in [0.25, 0.3) is 5.69 Å². The number of aliphatic hydroxyl groups is 1. The van der Waals surface area contributed by atoms with Gasteiger partial charge in [0.15, 0.2) is 0 Å². The Kier molecular flexibility index (Phi) is 5.46. The summed E-state index contributed by atoms with van der Waals surface area (Å²) in [6.07, 6.45) is 0. The number of hydrogen-bond donors (Lipinski definition) is 3. The Labute approximate surface area is 102 Å². The molecule has 0 saturated heterocycles. The van der Waals surface area contributed by atoms with E-state index in [1.54, 1.807) is 0 Å². The number of aromatic hydroxyl groups is 1. The molecule has 0 aliphatic carbocycles. The molecular weight excluding hydrogens is 259 g/mol. The van der Waals surface area contributed by atoms with Gasteiger partial charge in [-0.25, -0.2) is 0 Å². The zero-order valence-electron chi connectivity index (χ0n) is 7.96. The van der Waals surface area contributed by atoms with Gasteiger partial charge >= 0.3 is 0 Å². The van der Waals surface area contributed by atoms with Gasteiger partial charge in [-0.2, -0.15) is 0 Å². The van der Waals surface area contributed by atoms with E-state index in [-0.39, 0.29) is 28.7 Å². The van der Waals surface area contributed by atoms with Crippen molar-refractivity contribution in [1.82, 2.24) is 0 Å². The van der Waals surface area contributed by atoms with Gasteiger partial charge in [-0.15, -0.1) is 12.4 Å². The standard InChI is InChI=1S/C8H9ClN2O4.ClH/c9-4-1-2-6(11(14)15)7(8(4)13)5(10)3-12;/h1-2,5,12-13H,3,10H2;1H/t5-;/m0./s1. The number of aliphatic hydroxyl groups excluding tert-OH is 1. The van der Waals surface area contributed by atoms with Gasteiger partial charge in [-0.1, -0.05) is 11.6 Å². The van der Waals surface area contributed by atoms with Crippen molar-refractivity contribution < 1.29 is 15.1 Å². The van der Waals surface area contributed by atoms with E-state index in [1.165, 1.54) is 6.07 Å². The van der Waals surface area contributed by atoms with Crippen LogP contribution in [-0.2, 0) is 0 Å². The number of phenols is 1. The summed E-state index contributed by atoms with van der Waals surface area (Å²) >= 11 is 5.58. The maximum absolute atomic E-state index is 10.6. The number of halogens is 2. The molecule has 6 nitrogen and oxygen atoms in total. The van der Waals surface area contributed by atoms with E-state index in [0.29, 0.717) is 0 Å². The lowest BCUT2D eigenvalue weighted by Crippen LogP contribution is -2.16. The minimum absolute atomic E-state index is 0. The van der Waals surface area contributed by atoms with E-state index in [4.69, 9.17) is 22.4 Å². The predicted octanol–water partition coefficient (Wildman–Crippen LogP) is 1.37. The summed E-state index contributed by atoms with van der Waals surface area (Å²) in [4.78, 5) is 9.93. The van der Waals surface area contributed by atoms with E-state index in [1.807, 2.05) is 0 Å². The number of nitro benzene ring substituents is 1. The van der Waals surface area contributed by atoms with Gasteiger partial charge in [0.2, 0.25) is 0 Å². The number of nitrogens with two attached hydrogens (primary N) is 1. The van der Waals surface area contributed by atoms with Crippen LogP contribution in [0.1, 0.15) is 11.6 Å². The lowest BCUT2D eigenvalue weighted by atomic mass is 10.0. The molecular formula is C8H10Cl2N2O4. The van der Waals surface area contributed by atoms with Crippen molar-refractivity contribution in [2.75, 3.05) is 6.61 Å². The van der Waals surface area contributed by atoms with Crippen molar-refractivity contribution in [3.63, 3.8) is 0 Å². The third-order valence-corrected chi connectivity index (χ3v) is 2.21.